The van der Waals surface area contributed by atoms with Gasteiger partial charge in [-0.2, -0.15) is 0 Å². The summed E-state index contributed by atoms with van der Waals surface area (Å²) in [5, 5.41) is 12.2. The molecule has 1 aliphatic heterocycles. The first-order chi connectivity index (χ1) is 9.52. The second-order valence-corrected chi connectivity index (χ2v) is 6.13. The number of aliphatic carboxylic acids is 1. The van der Waals surface area contributed by atoms with E-state index in [-0.39, 0.29) is 11.3 Å². The van der Waals surface area contributed by atoms with E-state index in [9.17, 15) is 14.7 Å². The third-order valence-electron chi connectivity index (χ3n) is 4.48. The Kier molecular flexibility index (Phi) is 4.81. The molecule has 1 fully saturated rings. The van der Waals surface area contributed by atoms with Gasteiger partial charge in [-0.25, -0.2) is 0 Å². The Morgan fingerprint density at radius 3 is 2.45 bits per heavy atom. The normalized spacial score (nSPS) is 28.9. The van der Waals surface area contributed by atoms with Crippen LogP contribution in [0.15, 0.2) is 12.2 Å². The predicted octanol–water partition coefficient (Wildman–Crippen LogP) is 1.59. The molecule has 2 aliphatic rings. The maximum atomic E-state index is 12.3. The van der Waals surface area contributed by atoms with E-state index in [1.807, 2.05) is 12.2 Å². The zero-order chi connectivity index (χ0) is 14.6. The molecule has 112 valence electrons. The second kappa shape index (κ2) is 6.39. The molecular weight excluding hydrogens is 258 g/mol. The highest BCUT2D eigenvalue weighted by Crippen LogP contribution is 2.30. The summed E-state index contributed by atoms with van der Waals surface area (Å²) in [5.74, 6) is -2.05. The van der Waals surface area contributed by atoms with Gasteiger partial charge in [0.2, 0.25) is 5.91 Å². The van der Waals surface area contributed by atoms with Gasteiger partial charge >= 0.3 is 5.97 Å². The summed E-state index contributed by atoms with van der Waals surface area (Å²) in [7, 11) is 0. The molecule has 1 amide bonds. The van der Waals surface area contributed by atoms with Gasteiger partial charge in [-0.3, -0.25) is 9.59 Å². The lowest BCUT2D eigenvalue weighted by Crippen LogP contribution is -2.44. The molecule has 1 saturated heterocycles. The van der Waals surface area contributed by atoms with E-state index in [1.165, 1.54) is 0 Å². The number of allylic oxidation sites excluding steroid dienone is 2. The van der Waals surface area contributed by atoms with Gasteiger partial charge in [-0.15, -0.1) is 0 Å². The molecule has 0 unspecified atom stereocenters. The van der Waals surface area contributed by atoms with Gasteiger partial charge in [0.05, 0.1) is 11.8 Å². The van der Waals surface area contributed by atoms with Crippen molar-refractivity contribution in [3.05, 3.63) is 12.2 Å². The standard InChI is InChI=1S/C15H23NO4/c1-15(6-8-20-9-7-15)10-16-13(17)11-4-2-3-5-12(11)14(18)19/h2-3,11-12H,4-10H2,1H3,(H,16,17)(H,18,19)/t11-,12+/m1/s1. The first kappa shape index (κ1) is 15.0. The highest BCUT2D eigenvalue weighted by molar-refractivity contribution is 5.85. The van der Waals surface area contributed by atoms with E-state index in [1.54, 1.807) is 0 Å². The molecule has 2 rings (SSSR count). The zero-order valence-electron chi connectivity index (χ0n) is 11.9. The van der Waals surface area contributed by atoms with Crippen LogP contribution in [0.3, 0.4) is 0 Å². The predicted molar refractivity (Wildman–Crippen MR) is 74.2 cm³/mol. The van der Waals surface area contributed by atoms with Crippen molar-refractivity contribution in [2.75, 3.05) is 19.8 Å². The fourth-order valence-electron chi connectivity index (χ4n) is 2.85. The number of carboxylic acid groups (broad SMARTS) is 1. The van der Waals surface area contributed by atoms with Gasteiger partial charge in [0.15, 0.2) is 0 Å². The van der Waals surface area contributed by atoms with Crippen molar-refractivity contribution < 1.29 is 19.4 Å². The van der Waals surface area contributed by atoms with Crippen LogP contribution >= 0.6 is 0 Å². The molecule has 2 atom stereocenters. The molecule has 20 heavy (non-hydrogen) atoms. The number of carbonyl (C=O) groups excluding carboxylic acids is 1. The number of rotatable bonds is 4. The van der Waals surface area contributed by atoms with Crippen LogP contribution in [0.5, 0.6) is 0 Å². The maximum absolute atomic E-state index is 12.3. The molecule has 0 aromatic rings. The van der Waals surface area contributed by atoms with Crippen molar-refractivity contribution in [2.45, 2.75) is 32.6 Å². The Morgan fingerprint density at radius 1 is 1.25 bits per heavy atom. The van der Waals surface area contributed by atoms with Gasteiger partial charge in [0, 0.05) is 19.8 Å². The van der Waals surface area contributed by atoms with Crippen LogP contribution in [0.1, 0.15) is 32.6 Å². The van der Waals surface area contributed by atoms with Crippen LogP contribution in [-0.2, 0) is 14.3 Å². The number of hydrogen-bond acceptors (Lipinski definition) is 3. The topological polar surface area (TPSA) is 75.6 Å². The van der Waals surface area contributed by atoms with Crippen molar-refractivity contribution in [1.29, 1.82) is 0 Å². The number of ether oxygens (including phenoxy) is 1. The van der Waals surface area contributed by atoms with Crippen LogP contribution in [0.25, 0.3) is 0 Å². The van der Waals surface area contributed by atoms with Gasteiger partial charge in [-0.1, -0.05) is 19.1 Å². The Morgan fingerprint density at radius 2 is 1.85 bits per heavy atom. The smallest absolute Gasteiger partial charge is 0.307 e. The van der Waals surface area contributed by atoms with Crippen molar-refractivity contribution >= 4 is 11.9 Å². The Hall–Kier alpha value is -1.36. The average Bonchev–Trinajstić information content (AvgIpc) is 2.45. The van der Waals surface area contributed by atoms with Crippen molar-refractivity contribution in [3.63, 3.8) is 0 Å². The van der Waals surface area contributed by atoms with Crippen molar-refractivity contribution in [2.24, 2.45) is 17.3 Å². The van der Waals surface area contributed by atoms with E-state index in [0.29, 0.717) is 19.4 Å². The molecule has 5 nitrogen and oxygen atoms in total. The highest BCUT2D eigenvalue weighted by Gasteiger charge is 2.35. The molecule has 0 aromatic carbocycles. The molecule has 5 heteroatoms. The summed E-state index contributed by atoms with van der Waals surface area (Å²) >= 11 is 0. The molecule has 0 bridgehead atoms. The largest absolute Gasteiger partial charge is 0.481 e. The van der Waals surface area contributed by atoms with Crippen LogP contribution in [0, 0.1) is 17.3 Å². The van der Waals surface area contributed by atoms with E-state index in [2.05, 4.69) is 12.2 Å². The van der Waals surface area contributed by atoms with Crippen LogP contribution in [0.2, 0.25) is 0 Å². The zero-order valence-corrected chi connectivity index (χ0v) is 11.9. The summed E-state index contributed by atoms with van der Waals surface area (Å²) in [4.78, 5) is 23.5. The summed E-state index contributed by atoms with van der Waals surface area (Å²) in [6, 6.07) is 0. The first-order valence-electron chi connectivity index (χ1n) is 7.25. The maximum Gasteiger partial charge on any atom is 0.307 e. The molecule has 0 aromatic heterocycles. The van der Waals surface area contributed by atoms with Crippen molar-refractivity contribution in [3.8, 4) is 0 Å². The molecule has 2 N–H and O–H groups in total. The molecule has 1 heterocycles. The number of amides is 1. The molecular formula is C15H23NO4. The van der Waals surface area contributed by atoms with Crippen LogP contribution in [-0.4, -0.2) is 36.7 Å². The Bertz CT molecular complexity index is 399. The number of carbonyl (C=O) groups is 2. The van der Waals surface area contributed by atoms with Gasteiger partial charge in [-0.05, 0) is 31.1 Å². The monoisotopic (exact) mass is 281 g/mol. The minimum atomic E-state index is -0.883. The Balaban J connectivity index is 1.90. The fraction of sp³-hybridized carbons (Fsp3) is 0.733. The summed E-state index contributed by atoms with van der Waals surface area (Å²) in [5.41, 5.74) is 0.0666. The van der Waals surface area contributed by atoms with Gasteiger partial charge < -0.3 is 15.2 Å². The number of nitrogens with one attached hydrogen (secondary N) is 1. The van der Waals surface area contributed by atoms with E-state index < -0.39 is 17.8 Å². The summed E-state index contributed by atoms with van der Waals surface area (Å²) < 4.78 is 5.34. The van der Waals surface area contributed by atoms with Gasteiger partial charge in [0.1, 0.15) is 0 Å². The third kappa shape index (κ3) is 3.60. The molecule has 0 radical (unpaired) electrons. The summed E-state index contributed by atoms with van der Waals surface area (Å²) in [6.07, 6.45) is 6.57. The highest BCUT2D eigenvalue weighted by atomic mass is 16.5. The van der Waals surface area contributed by atoms with Crippen LogP contribution in [0.4, 0.5) is 0 Å². The lowest BCUT2D eigenvalue weighted by molar-refractivity contribution is -0.147. The molecule has 1 aliphatic carbocycles. The lowest BCUT2D eigenvalue weighted by Gasteiger charge is -2.34. The van der Waals surface area contributed by atoms with E-state index >= 15 is 0 Å². The minimum absolute atomic E-state index is 0.0666. The SMILES string of the molecule is CC1(CNC(=O)[C@@H]2CC=CC[C@@H]2C(=O)O)CCOCC1. The van der Waals surface area contributed by atoms with Crippen molar-refractivity contribution in [1.82, 2.24) is 5.32 Å². The molecule has 0 saturated carbocycles. The fourth-order valence-corrected chi connectivity index (χ4v) is 2.85. The van der Waals surface area contributed by atoms with Gasteiger partial charge in [0.25, 0.3) is 0 Å². The van der Waals surface area contributed by atoms with E-state index in [0.717, 1.165) is 26.1 Å². The quantitative estimate of drug-likeness (QED) is 0.767. The average molecular weight is 281 g/mol. The number of hydrogen-bond donors (Lipinski definition) is 2. The molecule has 0 spiro atoms. The third-order valence-corrected chi connectivity index (χ3v) is 4.48. The summed E-state index contributed by atoms with van der Waals surface area (Å²) in [6.45, 7) is 4.21. The first-order valence-corrected chi connectivity index (χ1v) is 7.25. The minimum Gasteiger partial charge on any atom is -0.481 e. The van der Waals surface area contributed by atoms with E-state index in [4.69, 9.17) is 4.74 Å². The second-order valence-electron chi connectivity index (χ2n) is 6.13. The Labute approximate surface area is 119 Å². The lowest BCUT2D eigenvalue weighted by atomic mass is 9.80. The number of carboxylic acids is 1. The van der Waals surface area contributed by atoms with Crippen LogP contribution < -0.4 is 5.32 Å².